The van der Waals surface area contributed by atoms with Crippen molar-refractivity contribution in [1.82, 2.24) is 4.98 Å². The second-order valence-electron chi connectivity index (χ2n) is 7.91. The molecule has 0 aliphatic carbocycles. The minimum Gasteiger partial charge on any atom is -0.364 e. The Morgan fingerprint density at radius 2 is 0.938 bits per heavy atom. The van der Waals surface area contributed by atoms with E-state index in [9.17, 15) is 0 Å². The highest BCUT2D eigenvalue weighted by molar-refractivity contribution is 7.73. The van der Waals surface area contributed by atoms with E-state index in [0.29, 0.717) is 0 Å². The molecule has 0 fully saturated rings. The van der Waals surface area contributed by atoms with Crippen molar-refractivity contribution in [3.63, 3.8) is 0 Å². The molecule has 2 atom stereocenters. The number of benzene rings is 4. The quantitative estimate of drug-likeness (QED) is 0.267. The molecule has 0 amide bonds. The molecule has 0 aliphatic rings. The Labute approximate surface area is 191 Å². The van der Waals surface area contributed by atoms with Gasteiger partial charge in [0.1, 0.15) is 0 Å². The van der Waals surface area contributed by atoms with Crippen LogP contribution >= 0.6 is 7.92 Å². The van der Waals surface area contributed by atoms with E-state index in [1.165, 1.54) is 27.4 Å². The lowest BCUT2D eigenvalue weighted by Gasteiger charge is -2.35. The smallest absolute Gasteiger partial charge is 0.0355 e. The molecule has 2 heteroatoms. The van der Waals surface area contributed by atoms with E-state index in [1.54, 1.807) is 0 Å². The highest BCUT2D eigenvalue weighted by Crippen LogP contribution is 2.57. The average Bonchev–Trinajstić information content (AvgIpc) is 3.41. The largest absolute Gasteiger partial charge is 0.364 e. The van der Waals surface area contributed by atoms with Crippen molar-refractivity contribution in [3.8, 4) is 0 Å². The predicted octanol–water partition coefficient (Wildman–Crippen LogP) is 7.02. The molecule has 0 spiro atoms. The average molecular weight is 432 g/mol. The maximum absolute atomic E-state index is 3.55. The van der Waals surface area contributed by atoms with Crippen LogP contribution in [0.5, 0.6) is 0 Å². The van der Waals surface area contributed by atoms with Gasteiger partial charge in [0, 0.05) is 23.5 Å². The number of H-pyrrole nitrogens is 1. The summed E-state index contributed by atoms with van der Waals surface area (Å²) in [7, 11) is -0.678. The minimum absolute atomic E-state index is 0.208. The summed E-state index contributed by atoms with van der Waals surface area (Å²) >= 11 is 0. The van der Waals surface area contributed by atoms with E-state index < -0.39 is 7.92 Å². The summed E-state index contributed by atoms with van der Waals surface area (Å²) in [5, 5.41) is 2.80. The van der Waals surface area contributed by atoms with Crippen LogP contribution in [0.1, 0.15) is 28.4 Å². The lowest BCUT2D eigenvalue weighted by atomic mass is 9.88. The van der Waals surface area contributed by atoms with Crippen molar-refractivity contribution in [2.75, 3.05) is 0 Å². The number of nitrogens with one attached hydrogen (secondary N) is 1. The van der Waals surface area contributed by atoms with Crippen molar-refractivity contribution in [3.05, 3.63) is 156 Å². The van der Waals surface area contributed by atoms with Crippen LogP contribution in [0, 0.1) is 0 Å². The molecule has 0 saturated carbocycles. The van der Waals surface area contributed by atoms with Crippen molar-refractivity contribution >= 4 is 18.5 Å². The lowest BCUT2D eigenvalue weighted by Crippen LogP contribution is -2.22. The molecule has 32 heavy (non-hydrogen) atoms. The molecule has 1 heterocycles. The molecule has 0 radical (unpaired) electrons. The summed E-state index contributed by atoms with van der Waals surface area (Å²) in [6.07, 6.45) is 2.04. The Morgan fingerprint density at radius 1 is 0.469 bits per heavy atom. The van der Waals surface area contributed by atoms with Gasteiger partial charge in [0.25, 0.3) is 0 Å². The van der Waals surface area contributed by atoms with Gasteiger partial charge in [-0.25, -0.2) is 0 Å². The molecular weight excluding hydrogens is 405 g/mol. The number of aromatic amines is 1. The predicted molar refractivity (Wildman–Crippen MR) is 137 cm³/mol. The van der Waals surface area contributed by atoms with E-state index in [2.05, 4.69) is 138 Å². The van der Waals surface area contributed by atoms with Crippen LogP contribution in [0.15, 0.2) is 140 Å². The third-order valence-corrected chi connectivity index (χ3v) is 8.78. The molecule has 0 aliphatic heterocycles. The summed E-state index contributed by atoms with van der Waals surface area (Å²) in [5.41, 5.74) is 4.24. The lowest BCUT2D eigenvalue weighted by molar-refractivity contribution is 0.757. The van der Waals surface area contributed by atoms with Crippen LogP contribution in [0.3, 0.4) is 0 Å². The van der Waals surface area contributed by atoms with Gasteiger partial charge >= 0.3 is 0 Å². The van der Waals surface area contributed by atoms with Gasteiger partial charge in [0.05, 0.1) is 0 Å². The Morgan fingerprint density at radius 3 is 1.41 bits per heavy atom. The molecule has 0 saturated heterocycles. The molecule has 0 bridgehead atoms. The van der Waals surface area contributed by atoms with Crippen LogP contribution in [0.25, 0.3) is 0 Å². The van der Waals surface area contributed by atoms with E-state index in [-0.39, 0.29) is 11.6 Å². The zero-order valence-electron chi connectivity index (χ0n) is 17.9. The van der Waals surface area contributed by atoms with Gasteiger partial charge in [-0.2, -0.15) is 0 Å². The topological polar surface area (TPSA) is 15.8 Å². The first-order valence-corrected chi connectivity index (χ1v) is 12.5. The second-order valence-corrected chi connectivity index (χ2v) is 10.2. The fourth-order valence-corrected chi connectivity index (χ4v) is 7.55. The SMILES string of the molecule is c1ccc(C(c2ccc[nH]2)C(c2ccccc2)P(c2ccccc2)c2ccccc2)cc1. The van der Waals surface area contributed by atoms with Gasteiger partial charge in [-0.15, -0.1) is 0 Å². The molecule has 1 nitrogen and oxygen atoms in total. The maximum Gasteiger partial charge on any atom is 0.0355 e. The first-order chi connectivity index (χ1) is 15.9. The summed E-state index contributed by atoms with van der Waals surface area (Å²) in [6, 6.07) is 48.4. The van der Waals surface area contributed by atoms with Gasteiger partial charge in [-0.1, -0.05) is 121 Å². The molecule has 1 N–H and O–H groups in total. The number of aromatic nitrogens is 1. The highest BCUT2D eigenvalue weighted by atomic mass is 31.1. The molecule has 156 valence electrons. The fraction of sp³-hybridized carbons (Fsp3) is 0.0667. The Hall–Kier alpha value is -3.41. The number of rotatable bonds is 7. The monoisotopic (exact) mass is 431 g/mol. The molecule has 5 aromatic rings. The Balaban J connectivity index is 1.77. The molecule has 5 rings (SSSR count). The summed E-state index contributed by atoms with van der Waals surface area (Å²) in [6.45, 7) is 0. The summed E-state index contributed by atoms with van der Waals surface area (Å²) in [4.78, 5) is 3.55. The van der Waals surface area contributed by atoms with Crippen LogP contribution in [0.2, 0.25) is 0 Å². The number of hydrogen-bond donors (Lipinski definition) is 1. The first-order valence-electron chi connectivity index (χ1n) is 11.0. The number of hydrogen-bond acceptors (Lipinski definition) is 0. The standard InChI is InChI=1S/C30H26NP/c1-5-14-24(15-6-1)29(28-22-13-23-31-28)30(25-16-7-2-8-17-25)32(26-18-9-3-10-19-26)27-20-11-4-12-21-27/h1-23,29-31H. The van der Waals surface area contributed by atoms with Gasteiger partial charge in [0.2, 0.25) is 0 Å². The van der Waals surface area contributed by atoms with E-state index >= 15 is 0 Å². The zero-order valence-corrected chi connectivity index (χ0v) is 18.8. The molecular formula is C30H26NP. The Bertz CT molecular complexity index is 1160. The third-order valence-electron chi connectivity index (χ3n) is 5.92. The second kappa shape index (κ2) is 9.81. The van der Waals surface area contributed by atoms with Crippen LogP contribution in [0.4, 0.5) is 0 Å². The fourth-order valence-electron chi connectivity index (χ4n) is 4.52. The summed E-state index contributed by atoms with van der Waals surface area (Å²) < 4.78 is 0. The highest BCUT2D eigenvalue weighted by Gasteiger charge is 2.35. The zero-order chi connectivity index (χ0) is 21.6. The van der Waals surface area contributed by atoms with E-state index in [0.717, 1.165) is 0 Å². The van der Waals surface area contributed by atoms with Gasteiger partial charge < -0.3 is 4.98 Å². The van der Waals surface area contributed by atoms with Crippen molar-refractivity contribution in [1.29, 1.82) is 0 Å². The molecule has 4 aromatic carbocycles. The van der Waals surface area contributed by atoms with Gasteiger partial charge in [-0.05, 0) is 41.8 Å². The van der Waals surface area contributed by atoms with Crippen LogP contribution in [-0.4, -0.2) is 4.98 Å². The van der Waals surface area contributed by atoms with Crippen molar-refractivity contribution in [2.45, 2.75) is 11.6 Å². The van der Waals surface area contributed by atoms with Crippen molar-refractivity contribution < 1.29 is 0 Å². The van der Waals surface area contributed by atoms with Crippen LogP contribution < -0.4 is 10.6 Å². The summed E-state index contributed by atoms with van der Waals surface area (Å²) in [5.74, 6) is 0.208. The molecule has 2 unspecified atom stereocenters. The van der Waals surface area contributed by atoms with E-state index in [1.807, 2.05) is 6.20 Å². The third kappa shape index (κ3) is 4.31. The molecule has 1 aromatic heterocycles. The van der Waals surface area contributed by atoms with Crippen LogP contribution in [-0.2, 0) is 0 Å². The minimum atomic E-state index is -0.678. The van der Waals surface area contributed by atoms with Gasteiger partial charge in [-0.3, -0.25) is 0 Å². The first kappa shape index (κ1) is 20.5. The van der Waals surface area contributed by atoms with E-state index in [4.69, 9.17) is 0 Å². The normalized spacial score (nSPS) is 13.0. The van der Waals surface area contributed by atoms with Crippen molar-refractivity contribution in [2.24, 2.45) is 0 Å². The Kier molecular flexibility index (Phi) is 6.28. The maximum atomic E-state index is 3.55. The van der Waals surface area contributed by atoms with Gasteiger partial charge in [0.15, 0.2) is 0 Å².